The van der Waals surface area contributed by atoms with Gasteiger partial charge in [0.2, 0.25) is 0 Å². The van der Waals surface area contributed by atoms with Crippen molar-refractivity contribution in [1.29, 1.82) is 0 Å². The number of amides is 2. The summed E-state index contributed by atoms with van der Waals surface area (Å²) in [6.07, 6.45) is 4.21. The molecule has 1 aromatic heterocycles. The number of carbonyl (C=O) groups is 2. The van der Waals surface area contributed by atoms with Crippen LogP contribution >= 0.6 is 11.3 Å². The molecule has 33 heavy (non-hydrogen) atoms. The van der Waals surface area contributed by atoms with Gasteiger partial charge in [-0.05, 0) is 56.2 Å². The topological polar surface area (TPSA) is 106 Å². The number of sulfonamides is 1. The first-order valence-corrected chi connectivity index (χ1v) is 13.2. The predicted molar refractivity (Wildman–Crippen MR) is 125 cm³/mol. The molecule has 172 valence electrons. The van der Waals surface area contributed by atoms with Crippen LogP contribution in [-0.2, 0) is 10.0 Å². The molecular weight excluding hydrogens is 462 g/mol. The van der Waals surface area contributed by atoms with Gasteiger partial charge in [0.15, 0.2) is 5.13 Å². The van der Waals surface area contributed by atoms with E-state index in [1.807, 2.05) is 25.1 Å². The summed E-state index contributed by atoms with van der Waals surface area (Å²) in [5, 5.41) is 3.13. The average molecular weight is 486 g/mol. The van der Waals surface area contributed by atoms with Crippen LogP contribution in [0.4, 0.5) is 5.13 Å². The highest BCUT2D eigenvalue weighted by Gasteiger charge is 2.45. The van der Waals surface area contributed by atoms with Crippen molar-refractivity contribution in [2.24, 2.45) is 0 Å². The maximum atomic E-state index is 13.2. The predicted octanol–water partition coefficient (Wildman–Crippen LogP) is 4.42. The van der Waals surface area contributed by atoms with E-state index >= 15 is 0 Å². The Morgan fingerprint density at radius 1 is 1.18 bits per heavy atom. The molecule has 1 aliphatic heterocycles. The zero-order valence-corrected chi connectivity index (χ0v) is 19.7. The number of fused-ring (bicyclic) bond motifs is 2. The Bertz CT molecular complexity index is 1360. The molecule has 2 heterocycles. The van der Waals surface area contributed by atoms with Crippen LogP contribution in [0, 0.1) is 0 Å². The highest BCUT2D eigenvalue weighted by molar-refractivity contribution is 7.90. The van der Waals surface area contributed by atoms with Gasteiger partial charge in [0, 0.05) is 11.6 Å². The van der Waals surface area contributed by atoms with Crippen molar-refractivity contribution < 1.29 is 22.7 Å². The second-order valence-electron chi connectivity index (χ2n) is 8.14. The van der Waals surface area contributed by atoms with E-state index in [2.05, 4.69) is 10.3 Å². The van der Waals surface area contributed by atoms with E-state index in [0.717, 1.165) is 39.5 Å². The van der Waals surface area contributed by atoms with Gasteiger partial charge in [-0.1, -0.05) is 30.6 Å². The zero-order valence-electron chi connectivity index (χ0n) is 18.0. The molecule has 1 N–H and O–H groups in total. The van der Waals surface area contributed by atoms with Gasteiger partial charge in [-0.2, -0.15) is 0 Å². The van der Waals surface area contributed by atoms with Gasteiger partial charge in [-0.25, -0.2) is 17.7 Å². The van der Waals surface area contributed by atoms with Gasteiger partial charge >= 0.3 is 0 Å². The number of hydrogen-bond donors (Lipinski definition) is 1. The molecule has 8 nitrogen and oxygen atoms in total. The van der Waals surface area contributed by atoms with Crippen LogP contribution < -0.4 is 10.1 Å². The fourth-order valence-corrected chi connectivity index (χ4v) is 7.18. The van der Waals surface area contributed by atoms with E-state index in [1.165, 1.54) is 29.5 Å². The molecule has 2 amide bonds. The lowest BCUT2D eigenvalue weighted by atomic mass is 9.95. The Kier molecular flexibility index (Phi) is 5.57. The van der Waals surface area contributed by atoms with E-state index < -0.39 is 21.8 Å². The number of carbonyl (C=O) groups excluding carboxylic acids is 2. The largest absolute Gasteiger partial charge is 0.494 e. The minimum Gasteiger partial charge on any atom is -0.494 e. The molecule has 0 bridgehead atoms. The molecule has 1 aliphatic carbocycles. The summed E-state index contributed by atoms with van der Waals surface area (Å²) in [5.41, 5.74) is 1.01. The normalized spacial score (nSPS) is 17.8. The number of ether oxygens (including phenoxy) is 1. The Balaban J connectivity index is 1.40. The van der Waals surface area contributed by atoms with Gasteiger partial charge < -0.3 is 4.74 Å². The van der Waals surface area contributed by atoms with Gasteiger partial charge in [0.25, 0.3) is 21.8 Å². The molecular formula is C23H23N3O5S2. The van der Waals surface area contributed by atoms with Gasteiger partial charge in [-0.15, -0.1) is 0 Å². The molecule has 10 heteroatoms. The molecule has 1 saturated carbocycles. The fraction of sp³-hybridized carbons (Fsp3) is 0.348. The quantitative estimate of drug-likeness (QED) is 0.573. The third-order valence-corrected chi connectivity index (χ3v) is 8.82. The van der Waals surface area contributed by atoms with Crippen LogP contribution in [-0.4, -0.2) is 42.2 Å². The van der Waals surface area contributed by atoms with Crippen LogP contribution in [0.3, 0.4) is 0 Å². The van der Waals surface area contributed by atoms with Crippen LogP contribution in [0.15, 0.2) is 41.3 Å². The molecule has 1 fully saturated rings. The summed E-state index contributed by atoms with van der Waals surface area (Å²) in [4.78, 5) is 30.1. The number of hydrogen-bond acceptors (Lipinski definition) is 7. The van der Waals surface area contributed by atoms with Crippen molar-refractivity contribution in [3.63, 3.8) is 0 Å². The number of nitrogens with one attached hydrogen (secondary N) is 1. The number of rotatable bonds is 5. The Morgan fingerprint density at radius 3 is 2.73 bits per heavy atom. The van der Waals surface area contributed by atoms with Gasteiger partial charge in [-0.3, -0.25) is 14.9 Å². The summed E-state index contributed by atoms with van der Waals surface area (Å²) < 4.78 is 33.8. The summed E-state index contributed by atoms with van der Waals surface area (Å²) in [6.45, 7) is 2.46. The molecule has 0 radical (unpaired) electrons. The van der Waals surface area contributed by atoms with Crippen LogP contribution in [0.1, 0.15) is 59.7 Å². The van der Waals surface area contributed by atoms with E-state index in [4.69, 9.17) is 4.74 Å². The molecule has 2 aromatic carbocycles. The van der Waals surface area contributed by atoms with E-state index in [1.54, 1.807) is 0 Å². The van der Waals surface area contributed by atoms with Crippen molar-refractivity contribution >= 4 is 48.5 Å². The molecule has 0 saturated heterocycles. The van der Waals surface area contributed by atoms with Crippen molar-refractivity contribution in [1.82, 2.24) is 9.29 Å². The lowest BCUT2D eigenvalue weighted by molar-refractivity contribution is 0.0809. The standard InChI is InChI=1S/C23H23N3O5S2/c1-2-31-16-9-11-18-19(13-16)32-23(24-18)25-21(27)14-8-10-17-20(12-14)33(29,30)26(22(17)28)15-6-4-3-5-7-15/h8-13,15H,2-7H2,1H3,(H,24,25,27). The summed E-state index contributed by atoms with van der Waals surface area (Å²) in [6, 6.07) is 9.38. The molecule has 5 rings (SSSR count). The van der Waals surface area contributed by atoms with Gasteiger partial charge in [0.1, 0.15) is 10.6 Å². The first-order valence-electron chi connectivity index (χ1n) is 11.0. The monoisotopic (exact) mass is 485 g/mol. The number of benzene rings is 2. The van der Waals surface area contributed by atoms with E-state index in [-0.39, 0.29) is 22.1 Å². The third-order valence-electron chi connectivity index (χ3n) is 6.01. The first kappa shape index (κ1) is 21.8. The molecule has 3 aromatic rings. The second-order valence-corrected chi connectivity index (χ2v) is 11.0. The molecule has 0 atom stereocenters. The lowest BCUT2D eigenvalue weighted by Gasteiger charge is -2.29. The molecule has 2 aliphatic rings. The maximum Gasteiger partial charge on any atom is 0.269 e. The number of thiazole rings is 1. The number of anilines is 1. The average Bonchev–Trinajstić information content (AvgIpc) is 3.29. The zero-order chi connectivity index (χ0) is 23.2. The summed E-state index contributed by atoms with van der Waals surface area (Å²) in [5.74, 6) is -0.261. The smallest absolute Gasteiger partial charge is 0.269 e. The summed E-state index contributed by atoms with van der Waals surface area (Å²) >= 11 is 1.30. The third kappa shape index (κ3) is 3.87. The Labute approximate surface area is 195 Å². The lowest BCUT2D eigenvalue weighted by Crippen LogP contribution is -2.40. The van der Waals surface area contributed by atoms with Crippen molar-refractivity contribution in [2.75, 3.05) is 11.9 Å². The Morgan fingerprint density at radius 2 is 1.97 bits per heavy atom. The van der Waals surface area contributed by atoms with Crippen molar-refractivity contribution in [2.45, 2.75) is 50.0 Å². The fourth-order valence-electron chi connectivity index (χ4n) is 4.45. The summed E-state index contributed by atoms with van der Waals surface area (Å²) in [7, 11) is -3.98. The van der Waals surface area contributed by atoms with E-state index in [9.17, 15) is 18.0 Å². The van der Waals surface area contributed by atoms with Crippen LogP contribution in [0.2, 0.25) is 0 Å². The minimum absolute atomic E-state index is 0.101. The van der Waals surface area contributed by atoms with Crippen LogP contribution in [0.5, 0.6) is 5.75 Å². The highest BCUT2D eigenvalue weighted by atomic mass is 32.2. The van der Waals surface area contributed by atoms with E-state index in [0.29, 0.717) is 24.6 Å². The highest BCUT2D eigenvalue weighted by Crippen LogP contribution is 2.37. The van der Waals surface area contributed by atoms with Crippen molar-refractivity contribution in [3.8, 4) is 5.75 Å². The molecule has 0 unspecified atom stereocenters. The molecule has 0 spiro atoms. The maximum absolute atomic E-state index is 13.2. The Hall–Kier alpha value is -2.98. The van der Waals surface area contributed by atoms with Gasteiger partial charge in [0.05, 0.1) is 22.4 Å². The SMILES string of the molecule is CCOc1ccc2nc(NC(=O)c3ccc4c(c3)S(=O)(=O)N(C3CCCCC3)C4=O)sc2c1. The van der Waals surface area contributed by atoms with Crippen LogP contribution in [0.25, 0.3) is 10.2 Å². The first-order chi connectivity index (χ1) is 15.9. The number of aromatic nitrogens is 1. The number of nitrogens with zero attached hydrogens (tertiary/aromatic N) is 2. The minimum atomic E-state index is -3.98. The van der Waals surface area contributed by atoms with Crippen molar-refractivity contribution in [3.05, 3.63) is 47.5 Å². The second kappa shape index (κ2) is 8.42.